The molecule has 0 atom stereocenters. The van der Waals surface area contributed by atoms with Crippen LogP contribution in [0, 0.1) is 0 Å². The fourth-order valence-electron chi connectivity index (χ4n) is 2.92. The van der Waals surface area contributed by atoms with Gasteiger partial charge in [0.15, 0.2) is 0 Å². The lowest BCUT2D eigenvalue weighted by Crippen LogP contribution is -2.48. The second kappa shape index (κ2) is 7.44. The van der Waals surface area contributed by atoms with Crippen LogP contribution in [0.15, 0.2) is 59.5 Å². The maximum atomic E-state index is 12.7. The number of sulfonamides is 1. The highest BCUT2D eigenvalue weighted by Crippen LogP contribution is 2.19. The predicted octanol–water partition coefficient (Wildman–Crippen LogP) is 1.69. The zero-order valence-corrected chi connectivity index (χ0v) is 14.3. The molecule has 0 spiro atoms. The number of benzene rings is 2. The lowest BCUT2D eigenvalue weighted by molar-refractivity contribution is 0.181. The normalized spacial score (nSPS) is 17.0. The van der Waals surface area contributed by atoms with Crippen LogP contribution in [0.4, 0.5) is 0 Å². The van der Waals surface area contributed by atoms with Gasteiger partial charge in [0.2, 0.25) is 10.0 Å². The van der Waals surface area contributed by atoms with Crippen LogP contribution >= 0.6 is 0 Å². The highest BCUT2D eigenvalue weighted by atomic mass is 32.2. The molecule has 1 saturated heterocycles. The molecule has 0 amide bonds. The molecular weight excluding hydrogens is 324 g/mol. The third-order valence-corrected chi connectivity index (χ3v) is 6.19. The van der Waals surface area contributed by atoms with Crippen LogP contribution in [0.25, 0.3) is 0 Å². The van der Waals surface area contributed by atoms with Gasteiger partial charge in [-0.2, -0.15) is 4.31 Å². The van der Waals surface area contributed by atoms with Crippen LogP contribution in [-0.2, 0) is 23.2 Å². The van der Waals surface area contributed by atoms with Crippen LogP contribution in [0.1, 0.15) is 11.1 Å². The van der Waals surface area contributed by atoms with E-state index in [0.29, 0.717) is 31.7 Å². The maximum Gasteiger partial charge on any atom is 0.243 e. The average molecular weight is 346 g/mol. The summed E-state index contributed by atoms with van der Waals surface area (Å²) in [6, 6.07) is 16.7. The molecular formula is C18H22N2O3S. The van der Waals surface area contributed by atoms with Crippen molar-refractivity contribution in [3.63, 3.8) is 0 Å². The minimum absolute atomic E-state index is 0.159. The van der Waals surface area contributed by atoms with E-state index in [-0.39, 0.29) is 11.5 Å². The molecule has 1 aliphatic heterocycles. The highest BCUT2D eigenvalue weighted by Gasteiger charge is 2.28. The van der Waals surface area contributed by atoms with Gasteiger partial charge in [-0.3, -0.25) is 4.90 Å². The minimum Gasteiger partial charge on any atom is -0.392 e. The first-order valence-corrected chi connectivity index (χ1v) is 9.50. The first-order chi connectivity index (χ1) is 11.6. The van der Waals surface area contributed by atoms with Crippen molar-refractivity contribution in [1.82, 2.24) is 9.21 Å². The van der Waals surface area contributed by atoms with Crippen molar-refractivity contribution < 1.29 is 13.5 Å². The Morgan fingerprint density at radius 1 is 0.875 bits per heavy atom. The summed E-state index contributed by atoms with van der Waals surface area (Å²) in [4.78, 5) is 2.52. The number of rotatable bonds is 5. The molecule has 1 fully saturated rings. The molecule has 3 rings (SSSR count). The number of piperazine rings is 1. The van der Waals surface area contributed by atoms with Crippen LogP contribution < -0.4 is 0 Å². The summed E-state index contributed by atoms with van der Waals surface area (Å²) in [6.45, 7) is 3.08. The Kier molecular flexibility index (Phi) is 5.30. The van der Waals surface area contributed by atoms with Gasteiger partial charge in [-0.15, -0.1) is 0 Å². The monoisotopic (exact) mass is 346 g/mol. The first kappa shape index (κ1) is 17.1. The molecule has 0 bridgehead atoms. The number of aliphatic hydroxyl groups excluding tert-OH is 1. The molecule has 24 heavy (non-hydrogen) atoms. The summed E-state index contributed by atoms with van der Waals surface area (Å²) in [5.41, 5.74) is 1.85. The minimum atomic E-state index is -3.50. The van der Waals surface area contributed by atoms with E-state index in [9.17, 15) is 13.5 Å². The predicted molar refractivity (Wildman–Crippen MR) is 92.8 cm³/mol. The third-order valence-electron chi connectivity index (χ3n) is 4.30. The van der Waals surface area contributed by atoms with Crippen molar-refractivity contribution in [2.75, 3.05) is 26.2 Å². The van der Waals surface area contributed by atoms with Crippen molar-refractivity contribution in [1.29, 1.82) is 0 Å². The van der Waals surface area contributed by atoms with Gasteiger partial charge in [0, 0.05) is 32.7 Å². The van der Waals surface area contributed by atoms with E-state index < -0.39 is 10.0 Å². The second-order valence-corrected chi connectivity index (χ2v) is 7.91. The lowest BCUT2D eigenvalue weighted by atomic mass is 10.2. The maximum absolute atomic E-state index is 12.7. The van der Waals surface area contributed by atoms with Gasteiger partial charge in [-0.1, -0.05) is 42.5 Å². The standard InChI is InChI=1S/C18H22N2O3S/c21-15-17-7-4-8-18(13-17)24(22,23)20-11-9-19(10-12-20)14-16-5-2-1-3-6-16/h1-8,13,21H,9-12,14-15H2. The number of hydrogen-bond acceptors (Lipinski definition) is 4. The van der Waals surface area contributed by atoms with Gasteiger partial charge in [-0.25, -0.2) is 8.42 Å². The Morgan fingerprint density at radius 3 is 2.21 bits per heavy atom. The molecule has 0 aliphatic carbocycles. The second-order valence-electron chi connectivity index (χ2n) is 5.97. The SMILES string of the molecule is O=S(=O)(c1cccc(CO)c1)N1CCN(Cc2ccccc2)CC1. The van der Waals surface area contributed by atoms with Crippen LogP contribution in [-0.4, -0.2) is 48.9 Å². The van der Waals surface area contributed by atoms with E-state index in [1.165, 1.54) is 9.87 Å². The van der Waals surface area contributed by atoms with Crippen LogP contribution in [0.5, 0.6) is 0 Å². The summed E-state index contributed by atoms with van der Waals surface area (Å²) < 4.78 is 27.0. The lowest BCUT2D eigenvalue weighted by Gasteiger charge is -2.34. The zero-order chi connectivity index (χ0) is 17.0. The van der Waals surface area contributed by atoms with Crippen molar-refractivity contribution in [2.24, 2.45) is 0 Å². The fourth-order valence-corrected chi connectivity index (χ4v) is 4.42. The Morgan fingerprint density at radius 2 is 1.54 bits per heavy atom. The molecule has 0 aromatic heterocycles. The molecule has 2 aromatic carbocycles. The van der Waals surface area contributed by atoms with Gasteiger partial charge in [0.1, 0.15) is 0 Å². The Labute approximate surface area is 143 Å². The van der Waals surface area contributed by atoms with Crippen molar-refractivity contribution in [3.8, 4) is 0 Å². The van der Waals surface area contributed by atoms with Gasteiger partial charge in [0.25, 0.3) is 0 Å². The van der Waals surface area contributed by atoms with E-state index in [1.54, 1.807) is 24.3 Å². The number of nitrogens with zero attached hydrogens (tertiary/aromatic N) is 2. The van der Waals surface area contributed by atoms with Crippen molar-refractivity contribution in [3.05, 3.63) is 65.7 Å². The number of aliphatic hydroxyl groups is 1. The number of hydrogen-bond donors (Lipinski definition) is 1. The van der Waals surface area contributed by atoms with Crippen LogP contribution in [0.3, 0.4) is 0 Å². The average Bonchev–Trinajstić information content (AvgIpc) is 2.63. The molecule has 0 radical (unpaired) electrons. The van der Waals surface area contributed by atoms with Gasteiger partial charge in [0.05, 0.1) is 11.5 Å². The van der Waals surface area contributed by atoms with E-state index >= 15 is 0 Å². The summed E-state index contributed by atoms with van der Waals surface area (Å²) in [6.07, 6.45) is 0. The third kappa shape index (κ3) is 3.84. The Hall–Kier alpha value is -1.73. The molecule has 2 aromatic rings. The summed E-state index contributed by atoms with van der Waals surface area (Å²) in [7, 11) is -3.50. The van der Waals surface area contributed by atoms with Gasteiger partial charge >= 0.3 is 0 Å². The van der Waals surface area contributed by atoms with E-state index in [1.807, 2.05) is 18.2 Å². The summed E-state index contributed by atoms with van der Waals surface area (Å²) in [5.74, 6) is 0. The molecule has 128 valence electrons. The molecule has 6 heteroatoms. The molecule has 0 saturated carbocycles. The van der Waals surface area contributed by atoms with Gasteiger partial charge in [-0.05, 0) is 23.3 Å². The Balaban J connectivity index is 1.65. The zero-order valence-electron chi connectivity index (χ0n) is 13.5. The Bertz CT molecular complexity index is 770. The summed E-state index contributed by atoms with van der Waals surface area (Å²) in [5, 5.41) is 9.20. The smallest absolute Gasteiger partial charge is 0.243 e. The molecule has 0 unspecified atom stereocenters. The van der Waals surface area contributed by atoms with E-state index in [4.69, 9.17) is 0 Å². The van der Waals surface area contributed by atoms with Crippen molar-refractivity contribution in [2.45, 2.75) is 18.0 Å². The highest BCUT2D eigenvalue weighted by molar-refractivity contribution is 7.89. The fraction of sp³-hybridized carbons (Fsp3) is 0.333. The molecule has 1 N–H and O–H groups in total. The first-order valence-electron chi connectivity index (χ1n) is 8.06. The molecule has 1 heterocycles. The largest absolute Gasteiger partial charge is 0.392 e. The molecule has 5 nitrogen and oxygen atoms in total. The van der Waals surface area contributed by atoms with E-state index in [2.05, 4.69) is 17.0 Å². The van der Waals surface area contributed by atoms with E-state index in [0.717, 1.165) is 6.54 Å². The van der Waals surface area contributed by atoms with Crippen molar-refractivity contribution >= 4 is 10.0 Å². The summed E-state index contributed by atoms with van der Waals surface area (Å²) >= 11 is 0. The van der Waals surface area contributed by atoms with Crippen LogP contribution in [0.2, 0.25) is 0 Å². The van der Waals surface area contributed by atoms with Gasteiger partial charge < -0.3 is 5.11 Å². The quantitative estimate of drug-likeness (QED) is 0.895. The topological polar surface area (TPSA) is 60.9 Å². The molecule has 1 aliphatic rings.